The van der Waals surface area contributed by atoms with Crippen molar-refractivity contribution in [3.05, 3.63) is 34.3 Å². The number of nitrogens with one attached hydrogen (secondary N) is 1. The summed E-state index contributed by atoms with van der Waals surface area (Å²) in [6.07, 6.45) is 2.21. The number of ether oxygens (including phenoxy) is 1. The Morgan fingerprint density at radius 2 is 2.33 bits per heavy atom. The van der Waals surface area contributed by atoms with Crippen LogP contribution in [0.25, 0.3) is 0 Å². The van der Waals surface area contributed by atoms with Crippen molar-refractivity contribution in [2.45, 2.75) is 38.8 Å². The van der Waals surface area contributed by atoms with Crippen LogP contribution < -0.4 is 5.32 Å². The zero-order valence-electron chi connectivity index (χ0n) is 10.5. The maximum atomic E-state index is 11.3. The SMILES string of the molecule is CCOC(=O)CC[C@H]1Cc2cc(Cl)ccc2CN1. The Balaban J connectivity index is 1.89. The molecule has 0 fully saturated rings. The molecular formula is C14H18ClNO2. The molecule has 1 aliphatic heterocycles. The molecule has 0 spiro atoms. The Bertz CT molecular complexity index is 434. The molecule has 0 saturated carbocycles. The summed E-state index contributed by atoms with van der Waals surface area (Å²) in [6, 6.07) is 6.34. The van der Waals surface area contributed by atoms with Gasteiger partial charge in [-0.3, -0.25) is 4.79 Å². The molecule has 2 rings (SSSR count). The third-order valence-electron chi connectivity index (χ3n) is 3.22. The minimum absolute atomic E-state index is 0.115. The topological polar surface area (TPSA) is 38.3 Å². The number of halogens is 1. The Kier molecular flexibility index (Phi) is 4.61. The van der Waals surface area contributed by atoms with E-state index in [-0.39, 0.29) is 5.97 Å². The quantitative estimate of drug-likeness (QED) is 0.853. The second-order valence-electron chi connectivity index (χ2n) is 4.54. The van der Waals surface area contributed by atoms with Crippen molar-refractivity contribution in [1.29, 1.82) is 0 Å². The largest absolute Gasteiger partial charge is 0.466 e. The summed E-state index contributed by atoms with van der Waals surface area (Å²) in [5.41, 5.74) is 2.59. The van der Waals surface area contributed by atoms with Crippen molar-refractivity contribution < 1.29 is 9.53 Å². The molecule has 0 unspecified atom stereocenters. The van der Waals surface area contributed by atoms with E-state index in [0.29, 0.717) is 19.1 Å². The van der Waals surface area contributed by atoms with E-state index in [9.17, 15) is 4.79 Å². The molecular weight excluding hydrogens is 250 g/mol. The molecule has 1 heterocycles. The van der Waals surface area contributed by atoms with Crippen molar-refractivity contribution in [2.24, 2.45) is 0 Å². The highest BCUT2D eigenvalue weighted by Crippen LogP contribution is 2.22. The fraction of sp³-hybridized carbons (Fsp3) is 0.500. The molecule has 1 N–H and O–H groups in total. The summed E-state index contributed by atoms with van der Waals surface area (Å²) in [4.78, 5) is 11.3. The first kappa shape index (κ1) is 13.4. The van der Waals surface area contributed by atoms with Gasteiger partial charge in [0, 0.05) is 24.0 Å². The van der Waals surface area contributed by atoms with E-state index in [1.165, 1.54) is 11.1 Å². The lowest BCUT2D eigenvalue weighted by molar-refractivity contribution is -0.143. The standard InChI is InChI=1S/C14H18ClNO2/c1-2-18-14(17)6-5-13-8-11-7-12(15)4-3-10(11)9-16-13/h3-4,7,13,16H,2,5-6,8-9H2,1H3/t13-/m0/s1. The van der Waals surface area contributed by atoms with Crippen molar-refractivity contribution in [1.82, 2.24) is 5.32 Å². The van der Waals surface area contributed by atoms with Gasteiger partial charge in [0.2, 0.25) is 0 Å². The predicted molar refractivity (Wildman–Crippen MR) is 71.7 cm³/mol. The molecule has 18 heavy (non-hydrogen) atoms. The molecule has 0 radical (unpaired) electrons. The Morgan fingerprint density at radius 1 is 1.50 bits per heavy atom. The van der Waals surface area contributed by atoms with Crippen LogP contribution in [0.4, 0.5) is 0 Å². The molecule has 1 aromatic rings. The number of benzene rings is 1. The molecule has 98 valence electrons. The number of hydrogen-bond donors (Lipinski definition) is 1. The number of hydrogen-bond acceptors (Lipinski definition) is 3. The van der Waals surface area contributed by atoms with Crippen LogP contribution in [0.5, 0.6) is 0 Å². The first-order valence-corrected chi connectivity index (χ1v) is 6.73. The van der Waals surface area contributed by atoms with Gasteiger partial charge < -0.3 is 10.1 Å². The van der Waals surface area contributed by atoms with Crippen LogP contribution in [0.2, 0.25) is 5.02 Å². The normalized spacial score (nSPS) is 18.2. The van der Waals surface area contributed by atoms with Crippen LogP contribution in [0.15, 0.2) is 18.2 Å². The van der Waals surface area contributed by atoms with Crippen LogP contribution in [-0.2, 0) is 22.5 Å². The fourth-order valence-corrected chi connectivity index (χ4v) is 2.47. The van der Waals surface area contributed by atoms with Crippen LogP contribution in [0, 0.1) is 0 Å². The smallest absolute Gasteiger partial charge is 0.305 e. The summed E-state index contributed by atoms with van der Waals surface area (Å²) >= 11 is 6.00. The molecule has 1 atom stereocenters. The Hall–Kier alpha value is -1.06. The highest BCUT2D eigenvalue weighted by Gasteiger charge is 2.19. The molecule has 1 aliphatic rings. The Morgan fingerprint density at radius 3 is 3.11 bits per heavy atom. The minimum Gasteiger partial charge on any atom is -0.466 e. The number of fused-ring (bicyclic) bond motifs is 1. The van der Waals surface area contributed by atoms with Gasteiger partial charge in [-0.25, -0.2) is 0 Å². The third-order valence-corrected chi connectivity index (χ3v) is 3.45. The molecule has 1 aromatic carbocycles. The Labute approximate surface area is 112 Å². The first-order chi connectivity index (χ1) is 8.69. The van der Waals surface area contributed by atoms with Gasteiger partial charge in [-0.2, -0.15) is 0 Å². The van der Waals surface area contributed by atoms with E-state index >= 15 is 0 Å². The van der Waals surface area contributed by atoms with Gasteiger partial charge in [0.25, 0.3) is 0 Å². The summed E-state index contributed by atoms with van der Waals surface area (Å²) in [5, 5.41) is 4.22. The van der Waals surface area contributed by atoms with Gasteiger partial charge in [-0.1, -0.05) is 17.7 Å². The minimum atomic E-state index is -0.115. The van der Waals surface area contributed by atoms with Crippen LogP contribution in [0.3, 0.4) is 0 Å². The van der Waals surface area contributed by atoms with E-state index < -0.39 is 0 Å². The lowest BCUT2D eigenvalue weighted by atomic mass is 9.93. The van der Waals surface area contributed by atoms with Gasteiger partial charge >= 0.3 is 5.97 Å². The maximum absolute atomic E-state index is 11.3. The van der Waals surface area contributed by atoms with E-state index in [4.69, 9.17) is 16.3 Å². The van der Waals surface area contributed by atoms with E-state index in [2.05, 4.69) is 11.4 Å². The van der Waals surface area contributed by atoms with Gasteiger partial charge in [0.1, 0.15) is 0 Å². The predicted octanol–water partition coefficient (Wildman–Crippen LogP) is 2.70. The maximum Gasteiger partial charge on any atom is 0.305 e. The zero-order valence-corrected chi connectivity index (χ0v) is 11.3. The van der Waals surface area contributed by atoms with Crippen LogP contribution >= 0.6 is 11.6 Å². The second-order valence-corrected chi connectivity index (χ2v) is 4.98. The average molecular weight is 268 g/mol. The van der Waals surface area contributed by atoms with Crippen LogP contribution in [-0.4, -0.2) is 18.6 Å². The first-order valence-electron chi connectivity index (χ1n) is 6.35. The van der Waals surface area contributed by atoms with Gasteiger partial charge in [-0.05, 0) is 43.0 Å². The van der Waals surface area contributed by atoms with Gasteiger partial charge in [-0.15, -0.1) is 0 Å². The summed E-state index contributed by atoms with van der Waals surface area (Å²) in [7, 11) is 0. The monoisotopic (exact) mass is 267 g/mol. The van der Waals surface area contributed by atoms with Crippen molar-refractivity contribution in [2.75, 3.05) is 6.61 Å². The lowest BCUT2D eigenvalue weighted by Crippen LogP contribution is -2.36. The van der Waals surface area contributed by atoms with E-state index in [0.717, 1.165) is 24.4 Å². The summed E-state index contributed by atoms with van der Waals surface area (Å²) in [6.45, 7) is 3.13. The number of rotatable bonds is 4. The van der Waals surface area contributed by atoms with Gasteiger partial charge in [0.15, 0.2) is 0 Å². The van der Waals surface area contributed by atoms with E-state index in [1.807, 2.05) is 19.1 Å². The van der Waals surface area contributed by atoms with Crippen molar-refractivity contribution in [3.63, 3.8) is 0 Å². The van der Waals surface area contributed by atoms with Crippen molar-refractivity contribution >= 4 is 17.6 Å². The molecule has 0 aliphatic carbocycles. The number of carbonyl (C=O) groups excluding carboxylic acids is 1. The molecule has 0 saturated heterocycles. The molecule has 3 nitrogen and oxygen atoms in total. The van der Waals surface area contributed by atoms with Gasteiger partial charge in [0.05, 0.1) is 6.61 Å². The highest BCUT2D eigenvalue weighted by atomic mass is 35.5. The fourth-order valence-electron chi connectivity index (χ4n) is 2.28. The number of esters is 1. The summed E-state index contributed by atoms with van der Waals surface area (Å²) in [5.74, 6) is -0.115. The van der Waals surface area contributed by atoms with Crippen LogP contribution in [0.1, 0.15) is 30.9 Å². The lowest BCUT2D eigenvalue weighted by Gasteiger charge is -2.26. The third kappa shape index (κ3) is 3.47. The summed E-state index contributed by atoms with van der Waals surface area (Å²) < 4.78 is 4.93. The molecule has 0 bridgehead atoms. The highest BCUT2D eigenvalue weighted by molar-refractivity contribution is 6.30. The number of carbonyl (C=O) groups is 1. The molecule has 4 heteroatoms. The van der Waals surface area contributed by atoms with Crippen molar-refractivity contribution in [3.8, 4) is 0 Å². The zero-order chi connectivity index (χ0) is 13.0. The molecule has 0 amide bonds. The second kappa shape index (κ2) is 6.21. The molecule has 0 aromatic heterocycles. The van der Waals surface area contributed by atoms with E-state index in [1.54, 1.807) is 0 Å². The average Bonchev–Trinajstić information content (AvgIpc) is 2.36.